The summed E-state index contributed by atoms with van der Waals surface area (Å²) in [6, 6.07) is 6.89. The molecule has 0 aliphatic heterocycles. The summed E-state index contributed by atoms with van der Waals surface area (Å²) in [4.78, 5) is 0. The highest BCUT2D eigenvalue weighted by atomic mass is 19.1. The summed E-state index contributed by atoms with van der Waals surface area (Å²) in [6.07, 6.45) is 0. The second-order valence-corrected chi connectivity index (χ2v) is 3.13. The molecule has 1 aromatic carbocycles. The van der Waals surface area contributed by atoms with E-state index in [1.54, 1.807) is 31.4 Å². The van der Waals surface area contributed by atoms with E-state index in [-0.39, 0.29) is 6.54 Å². The summed E-state index contributed by atoms with van der Waals surface area (Å²) in [5.74, 6) is 0.648. The van der Waals surface area contributed by atoms with Gasteiger partial charge in [-0.25, -0.2) is 4.39 Å². The smallest absolute Gasteiger partial charge is 0.145 e. The molecule has 1 rings (SSSR count). The molecule has 0 spiro atoms. The van der Waals surface area contributed by atoms with Crippen molar-refractivity contribution in [3.05, 3.63) is 29.8 Å². The van der Waals surface area contributed by atoms with Gasteiger partial charge in [0.2, 0.25) is 0 Å². The van der Waals surface area contributed by atoms with Gasteiger partial charge in [-0.2, -0.15) is 0 Å². The van der Waals surface area contributed by atoms with Crippen molar-refractivity contribution in [2.24, 2.45) is 5.73 Å². The standard InChI is InChI=1S/C10H14FNO/c1-10(11,7-12)8-4-3-5-9(6-8)13-2/h3-6H,7,12H2,1-2H3/t10-/m1/s1. The van der Waals surface area contributed by atoms with E-state index in [1.807, 2.05) is 0 Å². The number of methoxy groups -OCH3 is 1. The Morgan fingerprint density at radius 2 is 2.23 bits per heavy atom. The maximum atomic E-state index is 13.7. The van der Waals surface area contributed by atoms with Crippen molar-refractivity contribution in [2.75, 3.05) is 13.7 Å². The number of hydrogen-bond acceptors (Lipinski definition) is 2. The molecule has 0 radical (unpaired) electrons. The predicted octanol–water partition coefficient (Wildman–Crippen LogP) is 1.84. The first-order valence-corrected chi connectivity index (χ1v) is 4.13. The van der Waals surface area contributed by atoms with Crippen LogP contribution in [0.5, 0.6) is 5.75 Å². The van der Waals surface area contributed by atoms with Crippen molar-refractivity contribution >= 4 is 0 Å². The fraction of sp³-hybridized carbons (Fsp3) is 0.400. The normalized spacial score (nSPS) is 15.1. The Morgan fingerprint density at radius 1 is 1.54 bits per heavy atom. The third kappa shape index (κ3) is 2.18. The van der Waals surface area contributed by atoms with E-state index < -0.39 is 5.67 Å². The Morgan fingerprint density at radius 3 is 2.77 bits per heavy atom. The van der Waals surface area contributed by atoms with Gasteiger partial charge in [0.05, 0.1) is 7.11 Å². The van der Waals surface area contributed by atoms with Crippen LogP contribution in [0.4, 0.5) is 4.39 Å². The Bertz CT molecular complexity index is 286. The van der Waals surface area contributed by atoms with E-state index in [2.05, 4.69) is 0 Å². The molecule has 3 heteroatoms. The van der Waals surface area contributed by atoms with Gasteiger partial charge in [0.25, 0.3) is 0 Å². The molecule has 0 saturated heterocycles. The molecule has 2 nitrogen and oxygen atoms in total. The van der Waals surface area contributed by atoms with E-state index in [4.69, 9.17) is 10.5 Å². The number of nitrogens with two attached hydrogens (primary N) is 1. The monoisotopic (exact) mass is 183 g/mol. The van der Waals surface area contributed by atoms with Crippen LogP contribution in [0.1, 0.15) is 12.5 Å². The zero-order chi connectivity index (χ0) is 9.90. The lowest BCUT2D eigenvalue weighted by Gasteiger charge is -2.18. The molecule has 1 atom stereocenters. The molecular weight excluding hydrogens is 169 g/mol. The average Bonchev–Trinajstić information content (AvgIpc) is 2.18. The summed E-state index contributed by atoms with van der Waals surface area (Å²) in [7, 11) is 1.55. The fourth-order valence-corrected chi connectivity index (χ4v) is 1.07. The largest absolute Gasteiger partial charge is 0.497 e. The fourth-order valence-electron chi connectivity index (χ4n) is 1.07. The molecule has 0 heterocycles. The van der Waals surface area contributed by atoms with Crippen LogP contribution in [0.25, 0.3) is 0 Å². The second kappa shape index (κ2) is 3.75. The van der Waals surface area contributed by atoms with Gasteiger partial charge in [0, 0.05) is 6.54 Å². The maximum Gasteiger partial charge on any atom is 0.145 e. The van der Waals surface area contributed by atoms with E-state index in [0.717, 1.165) is 0 Å². The summed E-state index contributed by atoms with van der Waals surface area (Å²) in [6.45, 7) is 1.43. The van der Waals surface area contributed by atoms with Gasteiger partial charge in [-0.05, 0) is 24.6 Å². The maximum absolute atomic E-state index is 13.7. The SMILES string of the molecule is COc1cccc([C@](C)(F)CN)c1. The van der Waals surface area contributed by atoms with Gasteiger partial charge in [-0.1, -0.05) is 12.1 Å². The third-order valence-electron chi connectivity index (χ3n) is 2.05. The first-order valence-electron chi connectivity index (χ1n) is 4.13. The number of benzene rings is 1. The Labute approximate surface area is 77.5 Å². The summed E-state index contributed by atoms with van der Waals surface area (Å²) in [5.41, 5.74) is 4.39. The van der Waals surface area contributed by atoms with E-state index in [1.165, 1.54) is 6.92 Å². The first-order chi connectivity index (χ1) is 6.10. The number of halogens is 1. The van der Waals surface area contributed by atoms with Gasteiger partial charge in [0.1, 0.15) is 11.4 Å². The topological polar surface area (TPSA) is 35.2 Å². The highest BCUT2D eigenvalue weighted by Crippen LogP contribution is 2.26. The molecule has 1 aromatic rings. The van der Waals surface area contributed by atoms with Crippen molar-refractivity contribution in [1.82, 2.24) is 0 Å². The first kappa shape index (κ1) is 9.99. The van der Waals surface area contributed by atoms with Crippen LogP contribution in [-0.4, -0.2) is 13.7 Å². The zero-order valence-corrected chi connectivity index (χ0v) is 7.88. The molecule has 2 N–H and O–H groups in total. The van der Waals surface area contributed by atoms with Crippen molar-refractivity contribution in [3.8, 4) is 5.75 Å². The second-order valence-electron chi connectivity index (χ2n) is 3.13. The molecule has 0 aliphatic carbocycles. The zero-order valence-electron chi connectivity index (χ0n) is 7.88. The molecular formula is C10H14FNO. The highest BCUT2D eigenvalue weighted by molar-refractivity contribution is 5.32. The van der Waals surface area contributed by atoms with Gasteiger partial charge < -0.3 is 10.5 Å². The minimum absolute atomic E-state index is 0.0276. The van der Waals surface area contributed by atoms with Crippen LogP contribution >= 0.6 is 0 Å². The van der Waals surface area contributed by atoms with Crippen molar-refractivity contribution < 1.29 is 9.13 Å². The van der Waals surface area contributed by atoms with Crippen LogP contribution in [0.3, 0.4) is 0 Å². The molecule has 0 saturated carbocycles. The van der Waals surface area contributed by atoms with Crippen LogP contribution in [-0.2, 0) is 5.67 Å². The van der Waals surface area contributed by atoms with Crippen molar-refractivity contribution in [2.45, 2.75) is 12.6 Å². The molecule has 0 aromatic heterocycles. The molecule has 72 valence electrons. The van der Waals surface area contributed by atoms with Crippen molar-refractivity contribution in [3.63, 3.8) is 0 Å². The Balaban J connectivity index is 3.01. The van der Waals surface area contributed by atoms with Gasteiger partial charge in [-0.15, -0.1) is 0 Å². The van der Waals surface area contributed by atoms with Gasteiger partial charge >= 0.3 is 0 Å². The summed E-state index contributed by atoms with van der Waals surface area (Å²) < 4.78 is 18.7. The van der Waals surface area contributed by atoms with Crippen LogP contribution < -0.4 is 10.5 Å². The third-order valence-corrected chi connectivity index (χ3v) is 2.05. The van der Waals surface area contributed by atoms with E-state index in [9.17, 15) is 4.39 Å². The predicted molar refractivity (Wildman–Crippen MR) is 50.5 cm³/mol. The van der Waals surface area contributed by atoms with Crippen LogP contribution in [0, 0.1) is 0 Å². The Hall–Kier alpha value is -1.09. The number of alkyl halides is 1. The van der Waals surface area contributed by atoms with E-state index >= 15 is 0 Å². The van der Waals surface area contributed by atoms with Crippen molar-refractivity contribution in [1.29, 1.82) is 0 Å². The van der Waals surface area contributed by atoms with E-state index in [0.29, 0.717) is 11.3 Å². The lowest BCUT2D eigenvalue weighted by molar-refractivity contribution is 0.203. The van der Waals surface area contributed by atoms with Gasteiger partial charge in [0.15, 0.2) is 0 Å². The number of hydrogen-bond donors (Lipinski definition) is 1. The lowest BCUT2D eigenvalue weighted by Crippen LogP contribution is -2.26. The molecule has 0 aliphatic rings. The quantitative estimate of drug-likeness (QED) is 0.776. The minimum Gasteiger partial charge on any atom is -0.497 e. The minimum atomic E-state index is -1.48. The average molecular weight is 183 g/mol. The van der Waals surface area contributed by atoms with Gasteiger partial charge in [-0.3, -0.25) is 0 Å². The molecule has 13 heavy (non-hydrogen) atoms. The molecule has 0 amide bonds. The molecule has 0 bridgehead atoms. The van der Waals surface area contributed by atoms with Crippen LogP contribution in [0.2, 0.25) is 0 Å². The molecule has 0 unspecified atom stereocenters. The lowest BCUT2D eigenvalue weighted by atomic mass is 9.98. The number of rotatable bonds is 3. The van der Waals surface area contributed by atoms with Crippen LogP contribution in [0.15, 0.2) is 24.3 Å². The summed E-state index contributed by atoms with van der Waals surface area (Å²) in [5, 5.41) is 0. The summed E-state index contributed by atoms with van der Waals surface area (Å²) >= 11 is 0. The Kier molecular flexibility index (Phi) is 2.88. The number of ether oxygens (including phenoxy) is 1. The molecule has 0 fully saturated rings. The highest BCUT2D eigenvalue weighted by Gasteiger charge is 2.23.